The number of nitrogens with one attached hydrogen (secondary N) is 1. The number of phenolic OH excluding ortho intramolecular Hbond substituents is 1. The van der Waals surface area contributed by atoms with Crippen LogP contribution in [0.5, 0.6) is 5.75 Å². The number of rotatable bonds is 7. The van der Waals surface area contributed by atoms with Gasteiger partial charge in [0.25, 0.3) is 0 Å². The fourth-order valence-corrected chi connectivity index (χ4v) is 3.15. The van der Waals surface area contributed by atoms with Crippen LogP contribution in [0.1, 0.15) is 52.0 Å². The normalized spacial score (nSPS) is 18.1. The third-order valence-electron chi connectivity index (χ3n) is 4.78. The number of carbonyl (C=O) groups excluding carboxylic acids is 2. The lowest BCUT2D eigenvalue weighted by Crippen LogP contribution is -2.46. The Morgan fingerprint density at radius 3 is 2.15 bits per heavy atom. The molecule has 0 saturated heterocycles. The molecule has 1 amide bonds. The van der Waals surface area contributed by atoms with Crippen molar-refractivity contribution in [2.24, 2.45) is 11.8 Å². The van der Waals surface area contributed by atoms with E-state index in [0.717, 1.165) is 31.2 Å². The molecule has 0 aliphatic heterocycles. The molecular formula is C21H29NO5. The van der Waals surface area contributed by atoms with E-state index >= 15 is 0 Å². The molecule has 1 aromatic rings. The highest BCUT2D eigenvalue weighted by Gasteiger charge is 2.45. The highest BCUT2D eigenvalue weighted by molar-refractivity contribution is 5.82. The van der Waals surface area contributed by atoms with Gasteiger partial charge in [-0.15, -0.1) is 0 Å². The quantitative estimate of drug-likeness (QED) is 0.712. The monoisotopic (exact) mass is 375 g/mol. The number of amides is 1. The van der Waals surface area contributed by atoms with Gasteiger partial charge in [0.15, 0.2) is 0 Å². The van der Waals surface area contributed by atoms with Gasteiger partial charge >= 0.3 is 12.1 Å². The largest absolute Gasteiger partial charge is 0.508 e. The van der Waals surface area contributed by atoms with Crippen LogP contribution >= 0.6 is 0 Å². The highest BCUT2D eigenvalue weighted by atomic mass is 16.6. The van der Waals surface area contributed by atoms with E-state index in [-0.39, 0.29) is 18.3 Å². The van der Waals surface area contributed by atoms with Crippen LogP contribution in [-0.4, -0.2) is 34.9 Å². The van der Waals surface area contributed by atoms with Crippen molar-refractivity contribution in [3.8, 4) is 5.75 Å². The lowest BCUT2D eigenvalue weighted by atomic mass is 10.1. The minimum absolute atomic E-state index is 0.0275. The van der Waals surface area contributed by atoms with E-state index in [1.165, 1.54) is 0 Å². The molecule has 0 aromatic heterocycles. The predicted octanol–water partition coefficient (Wildman–Crippen LogP) is 3.56. The number of carbonyl (C=O) groups is 2. The Labute approximate surface area is 160 Å². The number of hydrogen-bond acceptors (Lipinski definition) is 5. The molecule has 0 unspecified atom stereocenters. The van der Waals surface area contributed by atoms with Crippen LogP contribution in [0.4, 0.5) is 4.79 Å². The van der Waals surface area contributed by atoms with Gasteiger partial charge in [0.2, 0.25) is 0 Å². The molecule has 2 aliphatic rings. The zero-order valence-corrected chi connectivity index (χ0v) is 16.2. The summed E-state index contributed by atoms with van der Waals surface area (Å²) >= 11 is 0. The third-order valence-corrected chi connectivity index (χ3v) is 4.78. The molecule has 3 rings (SSSR count). The summed E-state index contributed by atoms with van der Waals surface area (Å²) in [6, 6.07) is 5.74. The second kappa shape index (κ2) is 7.79. The van der Waals surface area contributed by atoms with Crippen molar-refractivity contribution in [1.82, 2.24) is 5.32 Å². The number of benzene rings is 1. The summed E-state index contributed by atoms with van der Waals surface area (Å²) < 4.78 is 11.1. The minimum Gasteiger partial charge on any atom is -0.508 e. The second-order valence-corrected chi connectivity index (χ2v) is 8.65. The molecule has 2 fully saturated rings. The Kier molecular flexibility index (Phi) is 5.63. The van der Waals surface area contributed by atoms with Gasteiger partial charge in [0, 0.05) is 6.42 Å². The van der Waals surface area contributed by atoms with Crippen LogP contribution in [0.2, 0.25) is 0 Å². The first-order chi connectivity index (χ1) is 12.7. The van der Waals surface area contributed by atoms with E-state index in [0.29, 0.717) is 11.8 Å². The van der Waals surface area contributed by atoms with Crippen LogP contribution in [0.15, 0.2) is 24.3 Å². The lowest BCUT2D eigenvalue weighted by molar-refractivity contribution is -0.154. The molecule has 2 N–H and O–H groups in total. The fourth-order valence-electron chi connectivity index (χ4n) is 3.15. The van der Waals surface area contributed by atoms with E-state index in [9.17, 15) is 14.7 Å². The minimum atomic E-state index is -0.829. The lowest BCUT2D eigenvalue weighted by Gasteiger charge is -2.25. The molecule has 6 heteroatoms. The topological polar surface area (TPSA) is 84.9 Å². The van der Waals surface area contributed by atoms with Crippen LogP contribution in [-0.2, 0) is 20.7 Å². The Morgan fingerprint density at radius 2 is 1.67 bits per heavy atom. The van der Waals surface area contributed by atoms with Crippen LogP contribution in [0.25, 0.3) is 0 Å². The maximum absolute atomic E-state index is 12.8. The van der Waals surface area contributed by atoms with E-state index in [1.54, 1.807) is 45.0 Å². The zero-order valence-electron chi connectivity index (χ0n) is 16.2. The van der Waals surface area contributed by atoms with Crippen molar-refractivity contribution < 1.29 is 24.2 Å². The van der Waals surface area contributed by atoms with Crippen molar-refractivity contribution in [1.29, 1.82) is 0 Å². The SMILES string of the molecule is CC(C)(C)OC(=O)N[C@H](Cc1ccc(O)cc1)C(=O)OC(C1CC1)C1CC1. The number of aromatic hydroxyl groups is 1. The number of hydrogen-bond donors (Lipinski definition) is 2. The first-order valence-electron chi connectivity index (χ1n) is 9.69. The predicted molar refractivity (Wildman–Crippen MR) is 100 cm³/mol. The summed E-state index contributed by atoms with van der Waals surface area (Å²) in [7, 11) is 0. The van der Waals surface area contributed by atoms with Gasteiger partial charge in [-0.25, -0.2) is 9.59 Å². The van der Waals surface area contributed by atoms with Gasteiger partial charge in [0.1, 0.15) is 23.5 Å². The summed E-state index contributed by atoms with van der Waals surface area (Å²) in [6.45, 7) is 5.32. The second-order valence-electron chi connectivity index (χ2n) is 8.65. The third kappa shape index (κ3) is 6.15. The summed E-state index contributed by atoms with van der Waals surface area (Å²) in [5, 5.41) is 12.1. The smallest absolute Gasteiger partial charge is 0.408 e. The molecule has 0 bridgehead atoms. The van der Waals surface area contributed by atoms with Crippen molar-refractivity contribution in [2.45, 2.75) is 70.6 Å². The first-order valence-corrected chi connectivity index (χ1v) is 9.69. The summed E-state index contributed by atoms with van der Waals surface area (Å²) in [5.74, 6) is 0.674. The first kappa shape index (κ1) is 19.5. The van der Waals surface area contributed by atoms with Crippen LogP contribution < -0.4 is 5.32 Å². The Balaban J connectivity index is 1.68. The molecule has 27 heavy (non-hydrogen) atoms. The van der Waals surface area contributed by atoms with E-state index in [2.05, 4.69) is 5.32 Å². The van der Waals surface area contributed by atoms with Crippen molar-refractivity contribution >= 4 is 12.1 Å². The fraction of sp³-hybridized carbons (Fsp3) is 0.619. The average molecular weight is 375 g/mol. The zero-order chi connectivity index (χ0) is 19.6. The maximum atomic E-state index is 12.8. The Bertz CT molecular complexity index is 659. The molecule has 0 radical (unpaired) electrons. The number of esters is 1. The number of ether oxygens (including phenoxy) is 2. The Morgan fingerprint density at radius 1 is 1.11 bits per heavy atom. The average Bonchev–Trinajstić information content (AvgIpc) is 3.45. The van der Waals surface area contributed by atoms with E-state index in [4.69, 9.17) is 9.47 Å². The maximum Gasteiger partial charge on any atom is 0.408 e. The van der Waals surface area contributed by atoms with Gasteiger partial charge in [-0.3, -0.25) is 0 Å². The molecule has 2 aliphatic carbocycles. The van der Waals surface area contributed by atoms with E-state index < -0.39 is 23.7 Å². The van der Waals surface area contributed by atoms with Gasteiger partial charge in [-0.2, -0.15) is 0 Å². The van der Waals surface area contributed by atoms with Crippen molar-refractivity contribution in [3.05, 3.63) is 29.8 Å². The van der Waals surface area contributed by atoms with Gasteiger partial charge < -0.3 is 19.9 Å². The molecule has 148 valence electrons. The molecule has 1 aromatic carbocycles. The molecule has 6 nitrogen and oxygen atoms in total. The van der Waals surface area contributed by atoms with Crippen molar-refractivity contribution in [2.75, 3.05) is 0 Å². The van der Waals surface area contributed by atoms with Gasteiger partial charge in [0.05, 0.1) is 0 Å². The van der Waals surface area contributed by atoms with Gasteiger partial charge in [-0.05, 0) is 76.0 Å². The van der Waals surface area contributed by atoms with Crippen LogP contribution in [0.3, 0.4) is 0 Å². The molecular weight excluding hydrogens is 346 g/mol. The Hall–Kier alpha value is -2.24. The standard InChI is InChI=1S/C21H29NO5/c1-21(2,3)27-20(25)22-17(12-13-4-10-16(23)11-5-13)19(24)26-18(14-6-7-14)15-8-9-15/h4-5,10-11,14-15,17-18,23H,6-9,12H2,1-3H3,(H,22,25)/t17-/m1/s1. The van der Waals surface area contributed by atoms with E-state index in [1.807, 2.05) is 0 Å². The van der Waals surface area contributed by atoms with Crippen molar-refractivity contribution in [3.63, 3.8) is 0 Å². The molecule has 0 spiro atoms. The molecule has 1 atom stereocenters. The molecule has 0 heterocycles. The van der Waals surface area contributed by atoms with Crippen LogP contribution in [0, 0.1) is 11.8 Å². The highest BCUT2D eigenvalue weighted by Crippen LogP contribution is 2.46. The molecule has 2 saturated carbocycles. The summed E-state index contributed by atoms with van der Waals surface area (Å²) in [6.07, 6.45) is 4.04. The van der Waals surface area contributed by atoms with Gasteiger partial charge in [-0.1, -0.05) is 12.1 Å². The summed E-state index contributed by atoms with van der Waals surface area (Å²) in [4.78, 5) is 25.1. The number of phenols is 1. The summed E-state index contributed by atoms with van der Waals surface area (Å²) in [5.41, 5.74) is 0.168. The number of alkyl carbamates (subject to hydrolysis) is 1.